The molecule has 0 atom stereocenters. The summed E-state index contributed by atoms with van der Waals surface area (Å²) < 4.78 is 14.3. The zero-order valence-corrected chi connectivity index (χ0v) is 12.5. The average molecular weight is 360 g/mol. The van der Waals surface area contributed by atoms with Crippen molar-refractivity contribution in [3.8, 4) is 0 Å². The number of hydrogen-bond donors (Lipinski definition) is 1. The van der Waals surface area contributed by atoms with Crippen molar-refractivity contribution >= 4 is 44.5 Å². The van der Waals surface area contributed by atoms with Crippen molar-refractivity contribution in [3.63, 3.8) is 0 Å². The molecule has 2 heterocycles. The normalized spacial score (nSPS) is 14.0. The third kappa shape index (κ3) is 1.59. The third-order valence-electron chi connectivity index (χ3n) is 3.62. The van der Waals surface area contributed by atoms with Gasteiger partial charge >= 0.3 is 0 Å². The van der Waals surface area contributed by atoms with Gasteiger partial charge in [-0.1, -0.05) is 12.1 Å². The summed E-state index contributed by atoms with van der Waals surface area (Å²) in [4.78, 5) is 25.9. The molecule has 7 heteroatoms. The van der Waals surface area contributed by atoms with Gasteiger partial charge in [-0.15, -0.1) is 0 Å². The molecule has 0 saturated carbocycles. The zero-order valence-electron chi connectivity index (χ0n) is 10.9. The molecule has 0 aliphatic carbocycles. The SMILES string of the molecule is O=C1c2ccccc2C(=O)N1c1n[nH]c2c(F)c(Br)ccc12. The van der Waals surface area contributed by atoms with E-state index >= 15 is 0 Å². The summed E-state index contributed by atoms with van der Waals surface area (Å²) in [5.41, 5.74) is 0.781. The van der Waals surface area contributed by atoms with Gasteiger partial charge in [0.05, 0.1) is 15.6 Å². The fraction of sp³-hybridized carbons (Fsp3) is 0. The number of amides is 2. The maximum atomic E-state index is 14.0. The number of halogens is 2. The number of benzene rings is 2. The van der Waals surface area contributed by atoms with Gasteiger partial charge in [0.1, 0.15) is 5.52 Å². The van der Waals surface area contributed by atoms with E-state index in [0.717, 1.165) is 4.90 Å². The lowest BCUT2D eigenvalue weighted by molar-refractivity contribution is 0.0925. The van der Waals surface area contributed by atoms with E-state index in [4.69, 9.17) is 0 Å². The van der Waals surface area contributed by atoms with Crippen LogP contribution in [0.25, 0.3) is 10.9 Å². The third-order valence-corrected chi connectivity index (χ3v) is 4.23. The number of imide groups is 1. The summed E-state index contributed by atoms with van der Waals surface area (Å²) in [6, 6.07) is 9.66. The highest BCUT2D eigenvalue weighted by Gasteiger charge is 2.38. The standard InChI is InChI=1S/C15H7BrFN3O2/c16-10-6-5-9-12(11(10)17)18-19-13(9)20-14(21)7-3-1-2-4-8(7)15(20)22/h1-6H,(H,18,19). The van der Waals surface area contributed by atoms with E-state index < -0.39 is 17.6 Å². The number of aromatic nitrogens is 2. The Balaban J connectivity index is 1.93. The van der Waals surface area contributed by atoms with E-state index in [1.165, 1.54) is 6.07 Å². The summed E-state index contributed by atoms with van der Waals surface area (Å²) in [7, 11) is 0. The van der Waals surface area contributed by atoms with Crippen molar-refractivity contribution in [2.45, 2.75) is 0 Å². The van der Waals surface area contributed by atoms with E-state index in [1.54, 1.807) is 30.3 Å². The highest BCUT2D eigenvalue weighted by Crippen LogP contribution is 2.34. The van der Waals surface area contributed by atoms with Gasteiger partial charge in [0.25, 0.3) is 11.8 Å². The van der Waals surface area contributed by atoms with Gasteiger partial charge in [0.2, 0.25) is 0 Å². The Morgan fingerprint density at radius 3 is 2.32 bits per heavy atom. The van der Waals surface area contributed by atoms with Crippen LogP contribution in [0.1, 0.15) is 20.7 Å². The second-order valence-electron chi connectivity index (χ2n) is 4.82. The van der Waals surface area contributed by atoms with Gasteiger partial charge in [-0.3, -0.25) is 14.7 Å². The molecule has 2 aromatic carbocycles. The van der Waals surface area contributed by atoms with E-state index in [0.29, 0.717) is 16.5 Å². The lowest BCUT2D eigenvalue weighted by atomic mass is 10.1. The van der Waals surface area contributed by atoms with E-state index in [1.807, 2.05) is 0 Å². The molecule has 2 amide bonds. The minimum atomic E-state index is -0.521. The van der Waals surface area contributed by atoms with E-state index in [-0.39, 0.29) is 15.8 Å². The first-order valence-electron chi connectivity index (χ1n) is 6.39. The molecule has 4 rings (SSSR count). The minimum absolute atomic E-state index is 0.104. The Morgan fingerprint density at radius 2 is 1.68 bits per heavy atom. The summed E-state index contributed by atoms with van der Waals surface area (Å²) in [6.07, 6.45) is 0. The van der Waals surface area contributed by atoms with Crippen LogP contribution in [0.15, 0.2) is 40.9 Å². The van der Waals surface area contributed by atoms with Gasteiger partial charge in [-0.05, 0) is 40.2 Å². The van der Waals surface area contributed by atoms with Gasteiger partial charge in [0.15, 0.2) is 11.6 Å². The molecule has 1 aromatic heterocycles. The molecule has 0 radical (unpaired) electrons. The van der Waals surface area contributed by atoms with Crippen molar-refractivity contribution in [3.05, 3.63) is 57.8 Å². The van der Waals surface area contributed by atoms with Crippen LogP contribution in [0.3, 0.4) is 0 Å². The number of hydrogen-bond acceptors (Lipinski definition) is 3. The number of carbonyl (C=O) groups excluding carboxylic acids is 2. The molecule has 22 heavy (non-hydrogen) atoms. The molecule has 0 unspecified atom stereocenters. The second kappa shape index (κ2) is 4.48. The molecule has 0 saturated heterocycles. The number of aromatic amines is 1. The topological polar surface area (TPSA) is 66.1 Å². The van der Waals surface area contributed by atoms with E-state index in [9.17, 15) is 14.0 Å². The monoisotopic (exact) mass is 359 g/mol. The summed E-state index contributed by atoms with van der Waals surface area (Å²) in [5.74, 6) is -1.34. The molecule has 1 aliphatic heterocycles. The second-order valence-corrected chi connectivity index (χ2v) is 5.68. The highest BCUT2D eigenvalue weighted by atomic mass is 79.9. The first-order valence-corrected chi connectivity index (χ1v) is 7.19. The predicted molar refractivity (Wildman–Crippen MR) is 81.3 cm³/mol. The van der Waals surface area contributed by atoms with Gasteiger partial charge < -0.3 is 0 Å². The summed E-state index contributed by atoms with van der Waals surface area (Å²) in [5, 5.41) is 6.87. The Kier molecular flexibility index (Phi) is 2.67. The van der Waals surface area contributed by atoms with Crippen LogP contribution in [0.4, 0.5) is 10.2 Å². The number of nitrogens with zero attached hydrogens (tertiary/aromatic N) is 2. The summed E-state index contributed by atoms with van der Waals surface area (Å²) in [6.45, 7) is 0. The lowest BCUT2D eigenvalue weighted by Gasteiger charge is -2.10. The number of anilines is 1. The number of rotatable bonds is 1. The first kappa shape index (κ1) is 13.1. The molecule has 0 fully saturated rings. The van der Waals surface area contributed by atoms with Crippen molar-refractivity contribution in [1.29, 1.82) is 0 Å². The van der Waals surface area contributed by atoms with Crippen molar-refractivity contribution < 1.29 is 14.0 Å². The lowest BCUT2D eigenvalue weighted by Crippen LogP contribution is -2.29. The largest absolute Gasteiger partial charge is 0.273 e. The number of nitrogens with one attached hydrogen (secondary N) is 1. The van der Waals surface area contributed by atoms with Crippen LogP contribution >= 0.6 is 15.9 Å². The smallest absolute Gasteiger partial charge is 0.267 e. The van der Waals surface area contributed by atoms with E-state index in [2.05, 4.69) is 26.1 Å². The number of carbonyl (C=O) groups is 2. The van der Waals surface area contributed by atoms with Crippen molar-refractivity contribution in [1.82, 2.24) is 10.2 Å². The van der Waals surface area contributed by atoms with Crippen molar-refractivity contribution in [2.24, 2.45) is 0 Å². The molecule has 0 bridgehead atoms. The highest BCUT2D eigenvalue weighted by molar-refractivity contribution is 9.10. The maximum Gasteiger partial charge on any atom is 0.267 e. The molecule has 1 N–H and O–H groups in total. The molecule has 5 nitrogen and oxygen atoms in total. The van der Waals surface area contributed by atoms with Crippen LogP contribution in [0, 0.1) is 5.82 Å². The zero-order chi connectivity index (χ0) is 15.4. The average Bonchev–Trinajstić information content (AvgIpc) is 3.05. The fourth-order valence-corrected chi connectivity index (χ4v) is 2.90. The maximum absolute atomic E-state index is 14.0. The summed E-state index contributed by atoms with van der Waals surface area (Å²) >= 11 is 3.09. The Hall–Kier alpha value is -2.54. The Morgan fingerprint density at radius 1 is 1.05 bits per heavy atom. The van der Waals surface area contributed by atoms with Crippen LogP contribution in [0.2, 0.25) is 0 Å². The fourth-order valence-electron chi connectivity index (χ4n) is 2.57. The van der Waals surface area contributed by atoms with Crippen LogP contribution in [-0.4, -0.2) is 22.0 Å². The predicted octanol–water partition coefficient (Wildman–Crippen LogP) is 3.27. The molecular formula is C15H7BrFN3O2. The minimum Gasteiger partial charge on any atom is -0.273 e. The quantitative estimate of drug-likeness (QED) is 0.678. The van der Waals surface area contributed by atoms with Gasteiger partial charge in [-0.2, -0.15) is 5.10 Å². The van der Waals surface area contributed by atoms with Crippen molar-refractivity contribution in [2.75, 3.05) is 4.90 Å². The van der Waals surface area contributed by atoms with Crippen LogP contribution in [-0.2, 0) is 0 Å². The van der Waals surface area contributed by atoms with Gasteiger partial charge in [0, 0.05) is 5.39 Å². The van der Waals surface area contributed by atoms with Crippen LogP contribution in [0.5, 0.6) is 0 Å². The molecule has 3 aromatic rings. The first-order chi connectivity index (χ1) is 10.6. The number of H-pyrrole nitrogens is 1. The Bertz CT molecular complexity index is 932. The molecule has 0 spiro atoms. The van der Waals surface area contributed by atoms with Crippen LogP contribution < -0.4 is 4.90 Å². The molecular weight excluding hydrogens is 353 g/mol. The number of fused-ring (bicyclic) bond motifs is 2. The molecule has 1 aliphatic rings. The molecule has 108 valence electrons. The van der Waals surface area contributed by atoms with Gasteiger partial charge in [-0.25, -0.2) is 9.29 Å². The Labute approximate surface area is 131 Å².